The van der Waals surface area contributed by atoms with E-state index in [1.807, 2.05) is 13.8 Å². The molecule has 0 bridgehead atoms. The second-order valence-electron chi connectivity index (χ2n) is 4.11. The van der Waals surface area contributed by atoms with Crippen LogP contribution in [0.4, 0.5) is 0 Å². The molecule has 1 heterocycles. The Balaban J connectivity index is 2.17. The first-order chi connectivity index (χ1) is 8.49. The predicted molar refractivity (Wildman–Crippen MR) is 68.5 cm³/mol. The summed E-state index contributed by atoms with van der Waals surface area (Å²) in [4.78, 5) is 7.08. The van der Waals surface area contributed by atoms with Gasteiger partial charge in [0.05, 0.1) is 11.4 Å². The van der Waals surface area contributed by atoms with Gasteiger partial charge in [-0.25, -0.2) is 18.1 Å². The Morgan fingerprint density at radius 3 is 2.67 bits per heavy atom. The molecule has 2 rings (SSSR count). The van der Waals surface area contributed by atoms with E-state index in [-0.39, 0.29) is 11.4 Å². The molecule has 0 saturated heterocycles. The highest BCUT2D eigenvalue weighted by Gasteiger charge is 2.14. The van der Waals surface area contributed by atoms with Gasteiger partial charge in [-0.1, -0.05) is 6.07 Å². The third-order valence-electron chi connectivity index (χ3n) is 2.77. The standard InChI is InChI=1S/C12H15N3O2S/c1-9-3-4-11(7-10(9)2)18(16,17)15-8-12-13-5-6-14-12/h3-7,15H,8H2,1-2H3,(H,13,14). The number of hydrogen-bond acceptors (Lipinski definition) is 3. The maximum atomic E-state index is 12.0. The zero-order valence-electron chi connectivity index (χ0n) is 10.3. The topological polar surface area (TPSA) is 74.8 Å². The van der Waals surface area contributed by atoms with Crippen molar-refractivity contribution in [3.63, 3.8) is 0 Å². The second-order valence-corrected chi connectivity index (χ2v) is 5.87. The number of hydrogen-bond donors (Lipinski definition) is 2. The van der Waals surface area contributed by atoms with Gasteiger partial charge in [0.15, 0.2) is 0 Å². The van der Waals surface area contributed by atoms with Crippen LogP contribution in [0.2, 0.25) is 0 Å². The van der Waals surface area contributed by atoms with Gasteiger partial charge in [0.25, 0.3) is 0 Å². The van der Waals surface area contributed by atoms with Crippen molar-refractivity contribution in [3.8, 4) is 0 Å². The molecule has 0 saturated carbocycles. The molecule has 0 atom stereocenters. The van der Waals surface area contributed by atoms with Gasteiger partial charge in [0.2, 0.25) is 10.0 Å². The van der Waals surface area contributed by atoms with E-state index in [1.165, 1.54) is 0 Å². The summed E-state index contributed by atoms with van der Waals surface area (Å²) in [7, 11) is -3.49. The van der Waals surface area contributed by atoms with Gasteiger partial charge in [0.1, 0.15) is 5.82 Å². The molecular formula is C12H15N3O2S. The minimum Gasteiger partial charge on any atom is -0.347 e. The Morgan fingerprint density at radius 1 is 1.28 bits per heavy atom. The van der Waals surface area contributed by atoms with E-state index in [2.05, 4.69) is 14.7 Å². The third kappa shape index (κ3) is 2.77. The van der Waals surface area contributed by atoms with Crippen LogP contribution in [-0.2, 0) is 16.6 Å². The highest BCUT2D eigenvalue weighted by atomic mass is 32.2. The van der Waals surface area contributed by atoms with Crippen molar-refractivity contribution in [1.29, 1.82) is 0 Å². The smallest absolute Gasteiger partial charge is 0.240 e. The van der Waals surface area contributed by atoms with Gasteiger partial charge in [-0.15, -0.1) is 0 Å². The average Bonchev–Trinajstić information content (AvgIpc) is 2.83. The van der Waals surface area contributed by atoms with Gasteiger partial charge in [0, 0.05) is 12.4 Å². The lowest BCUT2D eigenvalue weighted by molar-refractivity contribution is 0.579. The van der Waals surface area contributed by atoms with Gasteiger partial charge in [-0.2, -0.15) is 0 Å². The van der Waals surface area contributed by atoms with Crippen molar-refractivity contribution in [2.45, 2.75) is 25.3 Å². The molecule has 0 fully saturated rings. The maximum absolute atomic E-state index is 12.0. The number of aromatic nitrogens is 2. The van der Waals surface area contributed by atoms with Crippen LogP contribution in [0.3, 0.4) is 0 Å². The number of nitrogens with one attached hydrogen (secondary N) is 2. The van der Waals surface area contributed by atoms with E-state index < -0.39 is 10.0 Å². The van der Waals surface area contributed by atoms with Crippen LogP contribution in [0.25, 0.3) is 0 Å². The minimum absolute atomic E-state index is 0.155. The molecule has 6 heteroatoms. The van der Waals surface area contributed by atoms with E-state index >= 15 is 0 Å². The molecule has 0 unspecified atom stereocenters. The zero-order valence-corrected chi connectivity index (χ0v) is 11.1. The summed E-state index contributed by atoms with van der Waals surface area (Å²) in [6.07, 6.45) is 3.24. The minimum atomic E-state index is -3.49. The van der Waals surface area contributed by atoms with Crippen LogP contribution in [0, 0.1) is 13.8 Å². The Labute approximate surface area is 106 Å². The number of nitrogens with zero attached hydrogens (tertiary/aromatic N) is 1. The highest BCUT2D eigenvalue weighted by Crippen LogP contribution is 2.14. The van der Waals surface area contributed by atoms with E-state index in [0.717, 1.165) is 11.1 Å². The fraction of sp³-hybridized carbons (Fsp3) is 0.250. The van der Waals surface area contributed by atoms with Gasteiger partial charge in [-0.3, -0.25) is 0 Å². The quantitative estimate of drug-likeness (QED) is 0.879. The van der Waals surface area contributed by atoms with Crippen molar-refractivity contribution in [2.75, 3.05) is 0 Å². The number of aryl methyl sites for hydroxylation is 2. The van der Waals surface area contributed by atoms with Gasteiger partial charge >= 0.3 is 0 Å². The molecule has 5 nitrogen and oxygen atoms in total. The highest BCUT2D eigenvalue weighted by molar-refractivity contribution is 7.89. The first-order valence-corrected chi connectivity index (χ1v) is 7.02. The summed E-state index contributed by atoms with van der Waals surface area (Å²) in [6, 6.07) is 5.07. The Morgan fingerprint density at radius 2 is 2.06 bits per heavy atom. The van der Waals surface area contributed by atoms with Crippen molar-refractivity contribution in [2.24, 2.45) is 0 Å². The molecular weight excluding hydrogens is 250 g/mol. The Kier molecular flexibility index (Phi) is 3.49. The molecule has 0 aliphatic carbocycles. The SMILES string of the molecule is Cc1ccc(S(=O)(=O)NCc2ncc[nH]2)cc1C. The summed E-state index contributed by atoms with van der Waals surface area (Å²) in [5.74, 6) is 0.586. The largest absolute Gasteiger partial charge is 0.347 e. The van der Waals surface area contributed by atoms with E-state index in [0.29, 0.717) is 5.82 Å². The summed E-state index contributed by atoms with van der Waals surface area (Å²) in [6.45, 7) is 3.99. The molecule has 96 valence electrons. The van der Waals surface area contributed by atoms with E-state index in [9.17, 15) is 8.42 Å². The van der Waals surface area contributed by atoms with E-state index in [4.69, 9.17) is 0 Å². The average molecular weight is 265 g/mol. The Hall–Kier alpha value is -1.66. The number of H-pyrrole nitrogens is 1. The lowest BCUT2D eigenvalue weighted by Crippen LogP contribution is -2.23. The Bertz CT molecular complexity index is 633. The molecule has 0 aliphatic heterocycles. The van der Waals surface area contributed by atoms with Crippen molar-refractivity contribution in [3.05, 3.63) is 47.5 Å². The molecule has 0 spiro atoms. The molecule has 1 aromatic carbocycles. The maximum Gasteiger partial charge on any atom is 0.240 e. The van der Waals surface area contributed by atoms with Gasteiger partial charge in [-0.05, 0) is 37.1 Å². The van der Waals surface area contributed by atoms with E-state index in [1.54, 1.807) is 30.6 Å². The first kappa shape index (κ1) is 12.8. The van der Waals surface area contributed by atoms with Crippen LogP contribution >= 0.6 is 0 Å². The van der Waals surface area contributed by atoms with Crippen molar-refractivity contribution >= 4 is 10.0 Å². The van der Waals surface area contributed by atoms with Gasteiger partial charge < -0.3 is 4.98 Å². The molecule has 2 aromatic rings. The lowest BCUT2D eigenvalue weighted by atomic mass is 10.1. The molecule has 1 aromatic heterocycles. The lowest BCUT2D eigenvalue weighted by Gasteiger charge is -2.07. The second kappa shape index (κ2) is 4.91. The van der Waals surface area contributed by atoms with Crippen LogP contribution in [0.15, 0.2) is 35.5 Å². The van der Waals surface area contributed by atoms with Crippen molar-refractivity contribution in [1.82, 2.24) is 14.7 Å². The normalized spacial score (nSPS) is 11.7. The number of rotatable bonds is 4. The predicted octanol–water partition coefficient (Wildman–Crippen LogP) is 1.51. The van der Waals surface area contributed by atoms with Crippen LogP contribution in [0.1, 0.15) is 17.0 Å². The number of imidazole rings is 1. The molecule has 0 radical (unpaired) electrons. The van der Waals surface area contributed by atoms with Crippen LogP contribution < -0.4 is 4.72 Å². The number of aromatic amines is 1. The number of benzene rings is 1. The molecule has 18 heavy (non-hydrogen) atoms. The fourth-order valence-electron chi connectivity index (χ4n) is 1.52. The summed E-state index contributed by atoms with van der Waals surface area (Å²) in [5.41, 5.74) is 2.02. The summed E-state index contributed by atoms with van der Waals surface area (Å²) >= 11 is 0. The summed E-state index contributed by atoms with van der Waals surface area (Å²) < 4.78 is 26.6. The molecule has 2 N–H and O–H groups in total. The third-order valence-corrected chi connectivity index (χ3v) is 4.17. The van der Waals surface area contributed by atoms with Crippen LogP contribution in [-0.4, -0.2) is 18.4 Å². The molecule has 0 aliphatic rings. The first-order valence-electron chi connectivity index (χ1n) is 5.54. The molecule has 0 amide bonds. The zero-order chi connectivity index (χ0) is 13.2. The van der Waals surface area contributed by atoms with Crippen LogP contribution in [0.5, 0.6) is 0 Å². The van der Waals surface area contributed by atoms with Crippen molar-refractivity contribution < 1.29 is 8.42 Å². The fourth-order valence-corrected chi connectivity index (χ4v) is 2.59. The monoisotopic (exact) mass is 265 g/mol. The summed E-state index contributed by atoms with van der Waals surface area (Å²) in [5, 5.41) is 0. The number of sulfonamides is 1.